The molecule has 0 saturated heterocycles. The molecule has 5 heteroatoms. The summed E-state index contributed by atoms with van der Waals surface area (Å²) in [4.78, 5) is 10.9. The van der Waals surface area contributed by atoms with Crippen LogP contribution < -0.4 is 0 Å². The Bertz CT molecular complexity index is 320. The molecule has 0 aliphatic heterocycles. The normalized spacial score (nSPS) is 14.9. The van der Waals surface area contributed by atoms with Crippen LogP contribution in [0, 0.1) is 6.92 Å². The highest BCUT2D eigenvalue weighted by Gasteiger charge is 2.27. The number of rotatable bonds is 3. The Kier molecular flexibility index (Phi) is 3.62. The van der Waals surface area contributed by atoms with Crippen molar-refractivity contribution in [3.05, 3.63) is 21.9 Å². The van der Waals surface area contributed by atoms with Crippen LogP contribution in [0.25, 0.3) is 0 Å². The summed E-state index contributed by atoms with van der Waals surface area (Å²) in [6.07, 6.45) is -2.73. The van der Waals surface area contributed by atoms with Crippen LogP contribution in [0.4, 0.5) is 0 Å². The van der Waals surface area contributed by atoms with Crippen molar-refractivity contribution < 1.29 is 19.7 Å². The van der Waals surface area contributed by atoms with E-state index in [-0.39, 0.29) is 0 Å². The van der Waals surface area contributed by atoms with E-state index in [1.807, 2.05) is 5.38 Å². The predicted molar refractivity (Wildman–Crippen MR) is 52.0 cm³/mol. The van der Waals surface area contributed by atoms with Crippen LogP contribution in [0.5, 0.6) is 0 Å². The maximum absolute atomic E-state index is 10.9. The highest BCUT2D eigenvalue weighted by Crippen LogP contribution is 2.24. The number of ether oxygens (including phenoxy) is 1. The average molecular weight is 216 g/mol. The number of aliphatic hydroxyl groups is 2. The highest BCUT2D eigenvalue weighted by molar-refractivity contribution is 7.08. The van der Waals surface area contributed by atoms with Crippen molar-refractivity contribution in [2.24, 2.45) is 0 Å². The fraction of sp³-hybridized carbons (Fsp3) is 0.444. The molecule has 4 nitrogen and oxygen atoms in total. The van der Waals surface area contributed by atoms with E-state index in [4.69, 9.17) is 0 Å². The van der Waals surface area contributed by atoms with Gasteiger partial charge in [-0.25, -0.2) is 4.79 Å². The van der Waals surface area contributed by atoms with Gasteiger partial charge in [-0.05, 0) is 28.8 Å². The van der Waals surface area contributed by atoms with Gasteiger partial charge in [0.25, 0.3) is 0 Å². The lowest BCUT2D eigenvalue weighted by Gasteiger charge is -2.15. The van der Waals surface area contributed by atoms with Crippen molar-refractivity contribution in [3.8, 4) is 0 Å². The van der Waals surface area contributed by atoms with Gasteiger partial charge in [0.2, 0.25) is 0 Å². The van der Waals surface area contributed by atoms with E-state index < -0.39 is 18.2 Å². The van der Waals surface area contributed by atoms with Gasteiger partial charge in [-0.1, -0.05) is 0 Å². The predicted octanol–water partition coefficient (Wildman–Crippen LogP) is 0.624. The molecule has 0 saturated carbocycles. The molecule has 1 aromatic heterocycles. The van der Waals surface area contributed by atoms with E-state index in [9.17, 15) is 15.0 Å². The summed E-state index contributed by atoms with van der Waals surface area (Å²) in [5.41, 5.74) is 1.42. The quantitative estimate of drug-likeness (QED) is 0.727. The summed E-state index contributed by atoms with van der Waals surface area (Å²) >= 11 is 1.41. The van der Waals surface area contributed by atoms with Gasteiger partial charge in [-0.2, -0.15) is 11.3 Å². The Hall–Kier alpha value is -0.910. The van der Waals surface area contributed by atoms with Crippen LogP contribution in [0.15, 0.2) is 10.8 Å². The smallest absolute Gasteiger partial charge is 0.337 e. The monoisotopic (exact) mass is 216 g/mol. The lowest BCUT2D eigenvalue weighted by molar-refractivity contribution is -0.156. The van der Waals surface area contributed by atoms with Crippen molar-refractivity contribution in [1.29, 1.82) is 0 Å². The molecule has 1 aromatic rings. The first kappa shape index (κ1) is 11.2. The number of hydrogen-bond acceptors (Lipinski definition) is 5. The largest absolute Gasteiger partial charge is 0.467 e. The second-order valence-electron chi connectivity index (χ2n) is 2.92. The van der Waals surface area contributed by atoms with Crippen LogP contribution in [0.1, 0.15) is 17.2 Å². The van der Waals surface area contributed by atoms with E-state index in [0.717, 1.165) is 5.56 Å². The SMILES string of the molecule is COC(=O)C(O)C(O)c1cscc1C. The Morgan fingerprint density at radius 3 is 2.57 bits per heavy atom. The molecule has 0 radical (unpaired) electrons. The average Bonchev–Trinajstić information content (AvgIpc) is 2.61. The van der Waals surface area contributed by atoms with E-state index in [1.165, 1.54) is 18.4 Å². The summed E-state index contributed by atoms with van der Waals surface area (Å²) in [6.45, 7) is 1.80. The van der Waals surface area contributed by atoms with Crippen LogP contribution in [-0.2, 0) is 9.53 Å². The first-order valence-corrected chi connectivity index (χ1v) is 4.99. The van der Waals surface area contributed by atoms with E-state index >= 15 is 0 Å². The molecule has 0 bridgehead atoms. The third-order valence-electron chi connectivity index (χ3n) is 1.96. The molecular weight excluding hydrogens is 204 g/mol. The summed E-state index contributed by atoms with van der Waals surface area (Å²) in [7, 11) is 1.17. The maximum Gasteiger partial charge on any atom is 0.337 e. The molecule has 0 amide bonds. The van der Waals surface area contributed by atoms with Crippen molar-refractivity contribution in [2.75, 3.05) is 7.11 Å². The number of hydrogen-bond donors (Lipinski definition) is 2. The molecule has 0 aromatic carbocycles. The molecule has 2 unspecified atom stereocenters. The molecule has 14 heavy (non-hydrogen) atoms. The number of carbonyl (C=O) groups excluding carboxylic acids is 1. The topological polar surface area (TPSA) is 66.8 Å². The van der Waals surface area contributed by atoms with Gasteiger partial charge < -0.3 is 14.9 Å². The Labute approximate surface area is 85.8 Å². The number of thiophene rings is 1. The number of aryl methyl sites for hydroxylation is 1. The molecule has 0 aliphatic carbocycles. The number of methoxy groups -OCH3 is 1. The van der Waals surface area contributed by atoms with E-state index in [1.54, 1.807) is 12.3 Å². The van der Waals surface area contributed by atoms with Crippen molar-refractivity contribution >= 4 is 17.3 Å². The first-order valence-electron chi connectivity index (χ1n) is 4.04. The lowest BCUT2D eigenvalue weighted by Crippen LogP contribution is -2.29. The molecule has 78 valence electrons. The van der Waals surface area contributed by atoms with Crippen molar-refractivity contribution in [3.63, 3.8) is 0 Å². The first-order chi connectivity index (χ1) is 6.57. The minimum Gasteiger partial charge on any atom is -0.467 e. The van der Waals surface area contributed by atoms with E-state index in [2.05, 4.69) is 4.74 Å². The second-order valence-corrected chi connectivity index (χ2v) is 3.67. The molecule has 0 aliphatic rings. The Balaban J connectivity index is 2.80. The minimum atomic E-state index is -1.52. The lowest BCUT2D eigenvalue weighted by atomic mass is 10.0. The van der Waals surface area contributed by atoms with Crippen LogP contribution in [-0.4, -0.2) is 29.4 Å². The second kappa shape index (κ2) is 4.54. The Morgan fingerprint density at radius 2 is 2.14 bits per heavy atom. The molecule has 1 rings (SSSR count). The van der Waals surface area contributed by atoms with Crippen LogP contribution in [0.2, 0.25) is 0 Å². The van der Waals surface area contributed by atoms with Gasteiger partial charge >= 0.3 is 5.97 Å². The van der Waals surface area contributed by atoms with Crippen LogP contribution >= 0.6 is 11.3 Å². The van der Waals surface area contributed by atoms with Gasteiger partial charge in [0.15, 0.2) is 6.10 Å². The third kappa shape index (κ3) is 2.12. The molecular formula is C9H12O4S. The van der Waals surface area contributed by atoms with E-state index in [0.29, 0.717) is 5.56 Å². The van der Waals surface area contributed by atoms with Crippen LogP contribution in [0.3, 0.4) is 0 Å². The molecule has 2 atom stereocenters. The fourth-order valence-electron chi connectivity index (χ4n) is 1.09. The van der Waals surface area contributed by atoms with Gasteiger partial charge in [0.05, 0.1) is 7.11 Å². The van der Waals surface area contributed by atoms with Crippen molar-refractivity contribution in [1.82, 2.24) is 0 Å². The molecule has 1 heterocycles. The van der Waals surface area contributed by atoms with Gasteiger partial charge in [-0.3, -0.25) is 0 Å². The summed E-state index contributed by atoms with van der Waals surface area (Å²) in [5.74, 6) is -0.830. The maximum atomic E-state index is 10.9. The van der Waals surface area contributed by atoms with Gasteiger partial charge in [0.1, 0.15) is 6.10 Å². The zero-order valence-electron chi connectivity index (χ0n) is 7.93. The molecule has 0 spiro atoms. The Morgan fingerprint density at radius 1 is 1.50 bits per heavy atom. The summed E-state index contributed by atoms with van der Waals surface area (Å²) in [6, 6.07) is 0. The molecule has 2 N–H and O–H groups in total. The van der Waals surface area contributed by atoms with Crippen molar-refractivity contribution in [2.45, 2.75) is 19.1 Å². The van der Waals surface area contributed by atoms with Gasteiger partial charge in [-0.15, -0.1) is 0 Å². The number of esters is 1. The number of aliphatic hydroxyl groups excluding tert-OH is 2. The van der Waals surface area contributed by atoms with Gasteiger partial charge in [0, 0.05) is 0 Å². The minimum absolute atomic E-state index is 0.563. The standard InChI is InChI=1S/C9H12O4S/c1-5-3-14-4-6(5)7(10)8(11)9(12)13-2/h3-4,7-8,10-11H,1-2H3. The number of carbonyl (C=O) groups is 1. The highest BCUT2D eigenvalue weighted by atomic mass is 32.1. The summed E-state index contributed by atoms with van der Waals surface area (Å²) in [5, 5.41) is 22.5. The molecule has 0 fully saturated rings. The summed E-state index contributed by atoms with van der Waals surface area (Å²) < 4.78 is 4.33. The zero-order chi connectivity index (χ0) is 10.7. The third-order valence-corrected chi connectivity index (χ3v) is 2.84. The zero-order valence-corrected chi connectivity index (χ0v) is 8.75. The fourth-order valence-corrected chi connectivity index (χ4v) is 1.97.